The van der Waals surface area contributed by atoms with Gasteiger partial charge in [0.15, 0.2) is 0 Å². The first-order chi connectivity index (χ1) is 8.81. The summed E-state index contributed by atoms with van der Waals surface area (Å²) in [4.78, 5) is 11.9. The molecule has 1 fully saturated rings. The number of aliphatic hydroxyl groups is 1. The summed E-state index contributed by atoms with van der Waals surface area (Å²) in [7, 11) is 0. The van der Waals surface area contributed by atoms with Crippen LogP contribution >= 0.6 is 0 Å². The number of carbonyl (C=O) groups excluding carboxylic acids is 1. The number of nitrogens with one attached hydrogen (secondary N) is 2. The minimum atomic E-state index is -0.0555. The van der Waals surface area contributed by atoms with Gasteiger partial charge in [-0.3, -0.25) is 4.79 Å². The maximum Gasteiger partial charge on any atom is 0.237 e. The number of hydrogen-bond acceptors (Lipinski definition) is 3. The number of carbonyl (C=O) groups is 1. The Morgan fingerprint density at radius 3 is 2.78 bits per heavy atom. The van der Waals surface area contributed by atoms with Crippen LogP contribution in [0.25, 0.3) is 0 Å². The standard InChI is InChI=1S/C14H20N2O2/c17-10-12-6-2-1-5-11(12)9-16-14(18)13-7-3-4-8-15-13/h1-2,5-6,13,15,17H,3-4,7-10H2,(H,16,18)/t13-/m0/s1. The molecule has 1 amide bonds. The van der Waals surface area contributed by atoms with E-state index in [0.29, 0.717) is 6.54 Å². The maximum atomic E-state index is 11.9. The minimum absolute atomic E-state index is 0.00766. The second kappa shape index (κ2) is 6.52. The first-order valence-corrected chi connectivity index (χ1v) is 6.50. The lowest BCUT2D eigenvalue weighted by molar-refractivity contribution is -0.123. The van der Waals surface area contributed by atoms with E-state index in [-0.39, 0.29) is 18.6 Å². The molecule has 3 N–H and O–H groups in total. The Labute approximate surface area is 107 Å². The average molecular weight is 248 g/mol. The van der Waals surface area contributed by atoms with Gasteiger partial charge in [-0.15, -0.1) is 0 Å². The highest BCUT2D eigenvalue weighted by Gasteiger charge is 2.19. The molecule has 2 rings (SSSR count). The molecule has 1 atom stereocenters. The van der Waals surface area contributed by atoms with Gasteiger partial charge in [0.2, 0.25) is 5.91 Å². The van der Waals surface area contributed by atoms with E-state index in [1.807, 2.05) is 24.3 Å². The third kappa shape index (κ3) is 3.31. The normalized spacial score (nSPS) is 19.5. The number of hydrogen-bond donors (Lipinski definition) is 3. The topological polar surface area (TPSA) is 61.4 Å². The van der Waals surface area contributed by atoms with Crippen LogP contribution in [0.2, 0.25) is 0 Å². The molecule has 1 aliphatic rings. The molecule has 1 aromatic carbocycles. The van der Waals surface area contributed by atoms with Crippen LogP contribution < -0.4 is 10.6 Å². The summed E-state index contributed by atoms with van der Waals surface area (Å²) < 4.78 is 0. The van der Waals surface area contributed by atoms with Crippen LogP contribution in [0, 0.1) is 0 Å². The van der Waals surface area contributed by atoms with Crippen LogP contribution in [0.1, 0.15) is 30.4 Å². The molecule has 4 heteroatoms. The van der Waals surface area contributed by atoms with E-state index in [9.17, 15) is 9.90 Å². The van der Waals surface area contributed by atoms with E-state index < -0.39 is 0 Å². The number of amides is 1. The third-order valence-electron chi connectivity index (χ3n) is 3.37. The Kier molecular flexibility index (Phi) is 4.73. The van der Waals surface area contributed by atoms with Crippen molar-refractivity contribution in [2.75, 3.05) is 6.54 Å². The predicted molar refractivity (Wildman–Crippen MR) is 69.9 cm³/mol. The van der Waals surface area contributed by atoms with Gasteiger partial charge in [0.1, 0.15) is 0 Å². The van der Waals surface area contributed by atoms with Crippen molar-refractivity contribution in [2.24, 2.45) is 0 Å². The van der Waals surface area contributed by atoms with Crippen molar-refractivity contribution in [3.63, 3.8) is 0 Å². The highest BCUT2D eigenvalue weighted by atomic mass is 16.3. The van der Waals surface area contributed by atoms with Crippen molar-refractivity contribution in [2.45, 2.75) is 38.5 Å². The fraction of sp³-hybridized carbons (Fsp3) is 0.500. The molecule has 98 valence electrons. The zero-order valence-corrected chi connectivity index (χ0v) is 10.5. The van der Waals surface area contributed by atoms with Gasteiger partial charge >= 0.3 is 0 Å². The van der Waals surface area contributed by atoms with E-state index in [1.165, 1.54) is 0 Å². The van der Waals surface area contributed by atoms with E-state index in [1.54, 1.807) is 0 Å². The van der Waals surface area contributed by atoms with Gasteiger partial charge in [0.05, 0.1) is 12.6 Å². The number of benzene rings is 1. The quantitative estimate of drug-likeness (QED) is 0.743. The van der Waals surface area contributed by atoms with Crippen molar-refractivity contribution in [1.29, 1.82) is 0 Å². The van der Waals surface area contributed by atoms with Crippen molar-refractivity contribution >= 4 is 5.91 Å². The van der Waals surface area contributed by atoms with Crippen LogP contribution in [0.15, 0.2) is 24.3 Å². The van der Waals surface area contributed by atoms with Crippen molar-refractivity contribution in [3.05, 3.63) is 35.4 Å². The molecule has 0 radical (unpaired) electrons. The van der Waals surface area contributed by atoms with Crippen LogP contribution in [0.5, 0.6) is 0 Å². The molecule has 4 nitrogen and oxygen atoms in total. The highest BCUT2D eigenvalue weighted by molar-refractivity contribution is 5.81. The second-order valence-corrected chi connectivity index (χ2v) is 4.65. The third-order valence-corrected chi connectivity index (χ3v) is 3.37. The fourth-order valence-corrected chi connectivity index (χ4v) is 2.27. The van der Waals surface area contributed by atoms with Gasteiger partial charge in [-0.25, -0.2) is 0 Å². The average Bonchev–Trinajstić information content (AvgIpc) is 2.46. The number of aliphatic hydroxyl groups excluding tert-OH is 1. The Morgan fingerprint density at radius 1 is 1.33 bits per heavy atom. The van der Waals surface area contributed by atoms with Gasteiger partial charge in [0, 0.05) is 6.54 Å². The summed E-state index contributed by atoms with van der Waals surface area (Å²) in [6.45, 7) is 1.41. The number of piperidine rings is 1. The van der Waals surface area contributed by atoms with Gasteiger partial charge < -0.3 is 15.7 Å². The Bertz CT molecular complexity index is 401. The van der Waals surface area contributed by atoms with Crippen molar-refractivity contribution in [1.82, 2.24) is 10.6 Å². The lowest BCUT2D eigenvalue weighted by atomic mass is 10.0. The lowest BCUT2D eigenvalue weighted by Gasteiger charge is -2.22. The first-order valence-electron chi connectivity index (χ1n) is 6.50. The van der Waals surface area contributed by atoms with Crippen LogP contribution in [0.3, 0.4) is 0 Å². The Hall–Kier alpha value is -1.39. The molecule has 1 aliphatic heterocycles. The molecule has 0 unspecified atom stereocenters. The molecule has 0 aliphatic carbocycles. The molecule has 0 spiro atoms. The zero-order chi connectivity index (χ0) is 12.8. The molecule has 0 saturated carbocycles. The van der Waals surface area contributed by atoms with Crippen LogP contribution in [-0.4, -0.2) is 23.6 Å². The first kappa shape index (κ1) is 13.1. The predicted octanol–water partition coefficient (Wildman–Crippen LogP) is 0.937. The molecule has 18 heavy (non-hydrogen) atoms. The van der Waals surface area contributed by atoms with E-state index in [4.69, 9.17) is 0 Å². The molecule has 1 saturated heterocycles. The summed E-state index contributed by atoms with van der Waals surface area (Å²) in [6.07, 6.45) is 3.17. The van der Waals surface area contributed by atoms with E-state index in [2.05, 4.69) is 10.6 Å². The lowest BCUT2D eigenvalue weighted by Crippen LogP contribution is -2.46. The zero-order valence-electron chi connectivity index (χ0n) is 10.5. The van der Waals surface area contributed by atoms with Crippen LogP contribution in [0.4, 0.5) is 0 Å². The second-order valence-electron chi connectivity index (χ2n) is 4.65. The van der Waals surface area contributed by atoms with E-state index >= 15 is 0 Å². The van der Waals surface area contributed by atoms with Gasteiger partial charge in [-0.2, -0.15) is 0 Å². The maximum absolute atomic E-state index is 11.9. The van der Waals surface area contributed by atoms with Gasteiger partial charge in [-0.1, -0.05) is 30.7 Å². The minimum Gasteiger partial charge on any atom is -0.392 e. The monoisotopic (exact) mass is 248 g/mol. The summed E-state index contributed by atoms with van der Waals surface area (Å²) in [5, 5.41) is 15.4. The summed E-state index contributed by atoms with van der Waals surface area (Å²) in [5.41, 5.74) is 1.85. The summed E-state index contributed by atoms with van der Waals surface area (Å²) in [5.74, 6) is 0.0578. The molecule has 0 bridgehead atoms. The van der Waals surface area contributed by atoms with Crippen LogP contribution in [-0.2, 0) is 17.9 Å². The fourth-order valence-electron chi connectivity index (χ4n) is 2.27. The SMILES string of the molecule is O=C(NCc1ccccc1CO)[C@@H]1CCCCN1. The molecule has 0 aromatic heterocycles. The van der Waals surface area contributed by atoms with Gasteiger partial charge in [-0.05, 0) is 30.5 Å². The molecular formula is C14H20N2O2. The largest absolute Gasteiger partial charge is 0.392 e. The van der Waals surface area contributed by atoms with E-state index in [0.717, 1.165) is 36.9 Å². The highest BCUT2D eigenvalue weighted by Crippen LogP contribution is 2.10. The van der Waals surface area contributed by atoms with Crippen molar-refractivity contribution in [3.8, 4) is 0 Å². The summed E-state index contributed by atoms with van der Waals surface area (Å²) in [6, 6.07) is 7.56. The van der Waals surface area contributed by atoms with Gasteiger partial charge in [0.25, 0.3) is 0 Å². The van der Waals surface area contributed by atoms with Crippen molar-refractivity contribution < 1.29 is 9.90 Å². The molecular weight excluding hydrogens is 228 g/mol. The summed E-state index contributed by atoms with van der Waals surface area (Å²) >= 11 is 0. The molecule has 1 heterocycles. The Balaban J connectivity index is 1.88. The Morgan fingerprint density at radius 2 is 2.11 bits per heavy atom. The smallest absolute Gasteiger partial charge is 0.237 e. The molecule has 1 aromatic rings. The number of rotatable bonds is 4.